The lowest BCUT2D eigenvalue weighted by molar-refractivity contribution is 1.08. The van der Waals surface area contributed by atoms with Crippen molar-refractivity contribution in [3.05, 3.63) is 47.2 Å². The molecule has 0 saturated heterocycles. The van der Waals surface area contributed by atoms with E-state index in [1.54, 1.807) is 18.0 Å². The number of aromatic nitrogens is 3. The van der Waals surface area contributed by atoms with E-state index < -0.39 is 0 Å². The van der Waals surface area contributed by atoms with E-state index in [0.29, 0.717) is 5.15 Å². The van der Waals surface area contributed by atoms with Crippen LogP contribution in [0.25, 0.3) is 11.0 Å². The van der Waals surface area contributed by atoms with Crippen LogP contribution in [0.3, 0.4) is 0 Å². The molecule has 5 heteroatoms. The van der Waals surface area contributed by atoms with Crippen LogP contribution >= 0.6 is 23.4 Å². The van der Waals surface area contributed by atoms with E-state index in [2.05, 4.69) is 34.0 Å². The Hall–Kier alpha value is -1.52. The smallest absolute Gasteiger partial charge is 0.171 e. The number of H-pyrrole nitrogens is 1. The fraction of sp³-hybridized carbons (Fsp3) is 0.0769. The van der Waals surface area contributed by atoms with E-state index in [4.69, 9.17) is 11.6 Å². The van der Waals surface area contributed by atoms with Crippen LogP contribution in [0.2, 0.25) is 5.15 Å². The lowest BCUT2D eigenvalue weighted by atomic mass is 10.2. The second-order valence-corrected chi connectivity index (χ2v) is 5.43. The van der Waals surface area contributed by atoms with Crippen LogP contribution in [0, 0.1) is 6.92 Å². The minimum Gasteiger partial charge on any atom is -0.333 e. The summed E-state index contributed by atoms with van der Waals surface area (Å²) in [4.78, 5) is 12.8. The number of imidazole rings is 1. The fourth-order valence-electron chi connectivity index (χ4n) is 1.71. The molecule has 2 aromatic heterocycles. The largest absolute Gasteiger partial charge is 0.333 e. The highest BCUT2D eigenvalue weighted by atomic mass is 35.5. The van der Waals surface area contributed by atoms with Gasteiger partial charge in [0.05, 0.1) is 11.0 Å². The topological polar surface area (TPSA) is 41.6 Å². The molecule has 3 nitrogen and oxygen atoms in total. The van der Waals surface area contributed by atoms with Gasteiger partial charge in [-0.2, -0.15) is 0 Å². The van der Waals surface area contributed by atoms with Gasteiger partial charge in [-0.25, -0.2) is 9.97 Å². The zero-order valence-electron chi connectivity index (χ0n) is 9.64. The molecule has 0 atom stereocenters. The van der Waals surface area contributed by atoms with Gasteiger partial charge in [0.15, 0.2) is 5.16 Å². The summed E-state index contributed by atoms with van der Waals surface area (Å²) in [6.07, 6.45) is 1.69. The van der Waals surface area contributed by atoms with E-state index in [1.807, 2.05) is 18.2 Å². The van der Waals surface area contributed by atoms with Crippen LogP contribution in [0.1, 0.15) is 5.56 Å². The molecule has 2 heterocycles. The van der Waals surface area contributed by atoms with Crippen molar-refractivity contribution in [3.63, 3.8) is 0 Å². The quantitative estimate of drug-likeness (QED) is 0.717. The van der Waals surface area contributed by atoms with Gasteiger partial charge in [-0.15, -0.1) is 0 Å². The van der Waals surface area contributed by atoms with Gasteiger partial charge in [-0.1, -0.05) is 29.4 Å². The van der Waals surface area contributed by atoms with Gasteiger partial charge in [-0.05, 0) is 36.8 Å². The van der Waals surface area contributed by atoms with Crippen LogP contribution < -0.4 is 0 Å². The van der Waals surface area contributed by atoms with E-state index in [9.17, 15) is 0 Å². The normalized spacial score (nSPS) is 11.0. The highest BCUT2D eigenvalue weighted by molar-refractivity contribution is 7.99. The molecule has 0 spiro atoms. The van der Waals surface area contributed by atoms with Crippen LogP contribution in [0.15, 0.2) is 46.6 Å². The van der Waals surface area contributed by atoms with Gasteiger partial charge < -0.3 is 4.98 Å². The molecule has 1 aromatic carbocycles. The summed E-state index contributed by atoms with van der Waals surface area (Å²) in [7, 11) is 0. The Balaban J connectivity index is 1.95. The van der Waals surface area contributed by atoms with Crippen LogP contribution in [0.5, 0.6) is 0 Å². The first-order chi connectivity index (χ1) is 8.70. The molecule has 0 aliphatic carbocycles. The second-order valence-electron chi connectivity index (χ2n) is 3.98. The van der Waals surface area contributed by atoms with Gasteiger partial charge in [0.1, 0.15) is 5.15 Å². The lowest BCUT2D eigenvalue weighted by Crippen LogP contribution is -1.78. The zero-order valence-corrected chi connectivity index (χ0v) is 11.2. The Morgan fingerprint density at radius 1 is 1.22 bits per heavy atom. The first kappa shape index (κ1) is 11.6. The number of halogens is 1. The molecule has 3 rings (SSSR count). The number of hydrogen-bond acceptors (Lipinski definition) is 3. The van der Waals surface area contributed by atoms with E-state index in [0.717, 1.165) is 21.1 Å². The van der Waals surface area contributed by atoms with Crippen molar-refractivity contribution in [2.24, 2.45) is 0 Å². The number of pyridine rings is 1. The first-order valence-corrected chi connectivity index (χ1v) is 6.66. The second kappa shape index (κ2) is 4.63. The number of nitrogens with zero attached hydrogens (tertiary/aromatic N) is 2. The number of fused-ring (bicyclic) bond motifs is 1. The summed E-state index contributed by atoms with van der Waals surface area (Å²) in [5, 5.41) is 1.35. The number of aryl methyl sites for hydroxylation is 1. The van der Waals surface area contributed by atoms with Gasteiger partial charge in [0, 0.05) is 11.1 Å². The van der Waals surface area contributed by atoms with Crippen molar-refractivity contribution >= 4 is 34.4 Å². The highest BCUT2D eigenvalue weighted by Crippen LogP contribution is 2.28. The Bertz CT molecular complexity index is 708. The summed E-state index contributed by atoms with van der Waals surface area (Å²) in [5.41, 5.74) is 3.25. The third kappa shape index (κ3) is 2.35. The zero-order chi connectivity index (χ0) is 12.5. The number of rotatable bonds is 2. The maximum Gasteiger partial charge on any atom is 0.171 e. The summed E-state index contributed by atoms with van der Waals surface area (Å²) in [5.74, 6) is 0. The molecule has 0 aliphatic rings. The van der Waals surface area contributed by atoms with Crippen LogP contribution in [-0.4, -0.2) is 15.0 Å². The molecule has 0 amide bonds. The Morgan fingerprint density at radius 2 is 2.11 bits per heavy atom. The number of benzene rings is 1. The third-order valence-corrected chi connectivity index (χ3v) is 3.61. The molecule has 0 fully saturated rings. The van der Waals surface area contributed by atoms with Crippen molar-refractivity contribution in [1.29, 1.82) is 0 Å². The average Bonchev–Trinajstić information content (AvgIpc) is 2.70. The standard InChI is InChI=1S/C13H10ClN3S/c1-8-2-3-10-11(6-8)17-13(16-10)18-9-4-5-15-12(14)7-9/h2-7H,1H3,(H,16,17). The van der Waals surface area contributed by atoms with E-state index >= 15 is 0 Å². The summed E-state index contributed by atoms with van der Waals surface area (Å²) < 4.78 is 0. The van der Waals surface area contributed by atoms with Crippen LogP contribution in [0.4, 0.5) is 0 Å². The average molecular weight is 276 g/mol. The molecule has 0 saturated carbocycles. The van der Waals surface area contributed by atoms with Crippen molar-refractivity contribution < 1.29 is 0 Å². The maximum absolute atomic E-state index is 5.86. The summed E-state index contributed by atoms with van der Waals surface area (Å²) in [6.45, 7) is 2.07. The van der Waals surface area contributed by atoms with Gasteiger partial charge >= 0.3 is 0 Å². The van der Waals surface area contributed by atoms with Crippen molar-refractivity contribution in [3.8, 4) is 0 Å². The molecule has 90 valence electrons. The molecule has 0 unspecified atom stereocenters. The van der Waals surface area contributed by atoms with Crippen molar-refractivity contribution in [2.45, 2.75) is 17.0 Å². The maximum atomic E-state index is 5.86. The molecule has 0 bridgehead atoms. The Morgan fingerprint density at radius 3 is 2.94 bits per heavy atom. The monoisotopic (exact) mass is 275 g/mol. The van der Waals surface area contributed by atoms with Crippen LogP contribution in [-0.2, 0) is 0 Å². The molecular weight excluding hydrogens is 266 g/mol. The molecule has 0 aliphatic heterocycles. The fourth-order valence-corrected chi connectivity index (χ4v) is 2.77. The molecule has 18 heavy (non-hydrogen) atoms. The Labute approximate surface area is 114 Å². The molecular formula is C13H10ClN3S. The summed E-state index contributed by atoms with van der Waals surface area (Å²) >= 11 is 7.40. The molecule has 1 N–H and O–H groups in total. The predicted octanol–water partition coefficient (Wildman–Crippen LogP) is 4.07. The molecule has 3 aromatic rings. The number of nitrogens with one attached hydrogen (secondary N) is 1. The van der Waals surface area contributed by atoms with Crippen molar-refractivity contribution in [1.82, 2.24) is 15.0 Å². The van der Waals surface area contributed by atoms with Gasteiger partial charge in [0.2, 0.25) is 0 Å². The molecule has 0 radical (unpaired) electrons. The SMILES string of the molecule is Cc1ccc2nc(Sc3ccnc(Cl)c3)[nH]c2c1. The Kier molecular flexibility index (Phi) is 2.97. The van der Waals surface area contributed by atoms with E-state index in [-0.39, 0.29) is 0 Å². The summed E-state index contributed by atoms with van der Waals surface area (Å²) in [6, 6.07) is 9.90. The third-order valence-electron chi connectivity index (χ3n) is 2.53. The number of hydrogen-bond donors (Lipinski definition) is 1. The van der Waals surface area contributed by atoms with E-state index in [1.165, 1.54) is 5.56 Å². The predicted molar refractivity (Wildman–Crippen MR) is 74.2 cm³/mol. The number of aromatic amines is 1. The minimum atomic E-state index is 0.493. The highest BCUT2D eigenvalue weighted by Gasteiger charge is 2.05. The lowest BCUT2D eigenvalue weighted by Gasteiger charge is -1.96. The minimum absolute atomic E-state index is 0.493. The van der Waals surface area contributed by atoms with Gasteiger partial charge in [0.25, 0.3) is 0 Å². The van der Waals surface area contributed by atoms with Gasteiger partial charge in [-0.3, -0.25) is 0 Å². The van der Waals surface area contributed by atoms with Crippen molar-refractivity contribution in [2.75, 3.05) is 0 Å². The first-order valence-electron chi connectivity index (χ1n) is 5.46.